The Bertz CT molecular complexity index is 303. The summed E-state index contributed by atoms with van der Waals surface area (Å²) in [5.41, 5.74) is 0. The van der Waals surface area contributed by atoms with E-state index in [1.165, 1.54) is 38.5 Å². The minimum atomic E-state index is -0.161. The van der Waals surface area contributed by atoms with E-state index < -0.39 is 0 Å². The average molecular weight is 369 g/mol. The van der Waals surface area contributed by atoms with Gasteiger partial charge >= 0.3 is 43.7 Å². The van der Waals surface area contributed by atoms with Crippen LogP contribution in [0, 0.1) is 0 Å². The molecule has 1 N–H and O–H groups in total. The van der Waals surface area contributed by atoms with Crippen LogP contribution in [0.25, 0.3) is 0 Å². The van der Waals surface area contributed by atoms with Crippen LogP contribution in [0.1, 0.15) is 100 Å². The molecule has 0 aliphatic rings. The molecule has 1 atom stereocenters. The van der Waals surface area contributed by atoms with Gasteiger partial charge in [0.25, 0.3) is 0 Å². The molecular weight excluding hydrogens is 328 g/mol. The Balaban J connectivity index is -0.000000807. The first-order valence-electron chi connectivity index (χ1n) is 9.69. The molecule has 0 saturated heterocycles. The van der Waals surface area contributed by atoms with Gasteiger partial charge in [0.1, 0.15) is 0 Å². The molecule has 0 amide bonds. The predicted molar refractivity (Wildman–Crippen MR) is 105 cm³/mol. The van der Waals surface area contributed by atoms with Crippen molar-refractivity contribution in [1.29, 1.82) is 0 Å². The summed E-state index contributed by atoms with van der Waals surface area (Å²) in [5.74, 6) is -0.0660. The molecule has 3 nitrogen and oxygen atoms in total. The van der Waals surface area contributed by atoms with Crippen molar-refractivity contribution in [2.24, 2.45) is 0 Å². The van der Waals surface area contributed by atoms with Gasteiger partial charge in [-0.05, 0) is 39.0 Å². The third-order valence-electron chi connectivity index (χ3n) is 4.02. The van der Waals surface area contributed by atoms with Crippen LogP contribution in [-0.2, 0) is 9.53 Å². The number of carbonyl (C=O) groups is 1. The average Bonchev–Trinajstić information content (AvgIpc) is 2.53. The van der Waals surface area contributed by atoms with E-state index in [1.54, 1.807) is 0 Å². The maximum Gasteiger partial charge on any atom is 2.00 e. The van der Waals surface area contributed by atoms with Crippen LogP contribution in [0.5, 0.6) is 0 Å². The van der Waals surface area contributed by atoms with Crippen molar-refractivity contribution in [3.63, 3.8) is 0 Å². The zero-order valence-corrected chi connectivity index (χ0v) is 18.3. The van der Waals surface area contributed by atoms with E-state index in [4.69, 9.17) is 4.74 Å². The maximum absolute atomic E-state index is 11.2. The van der Waals surface area contributed by atoms with Crippen LogP contribution in [0.4, 0.5) is 0 Å². The Kier molecular flexibility index (Phi) is 23.8. The molecule has 0 aliphatic carbocycles. The van der Waals surface area contributed by atoms with Gasteiger partial charge in [-0.2, -0.15) is 0 Å². The molecule has 0 saturated carbocycles. The Morgan fingerprint density at radius 1 is 1.00 bits per heavy atom. The van der Waals surface area contributed by atoms with Crippen molar-refractivity contribution in [2.45, 2.75) is 103 Å². The monoisotopic (exact) mass is 368 g/mol. The summed E-state index contributed by atoms with van der Waals surface area (Å²) in [6, 6.07) is 0. The summed E-state index contributed by atoms with van der Waals surface area (Å²) in [7, 11) is 0. The molecule has 24 heavy (non-hydrogen) atoms. The van der Waals surface area contributed by atoms with Crippen LogP contribution in [0.3, 0.4) is 0 Å². The second kappa shape index (κ2) is 21.5. The zero-order valence-electron chi connectivity index (χ0n) is 18.1. The summed E-state index contributed by atoms with van der Waals surface area (Å²) in [6.45, 7) is 4.54. The first kappa shape index (κ1) is 26.7. The minimum Gasteiger partial charge on any atom is -1.00 e. The number of unbranched alkanes of at least 4 members (excludes halogenated alkanes) is 8. The van der Waals surface area contributed by atoms with E-state index >= 15 is 0 Å². The minimum absolute atomic E-state index is 0. The van der Waals surface area contributed by atoms with Crippen LogP contribution in [0.15, 0.2) is 12.2 Å². The van der Waals surface area contributed by atoms with E-state index in [0.717, 1.165) is 38.5 Å². The van der Waals surface area contributed by atoms with Gasteiger partial charge in [-0.25, -0.2) is 0 Å². The SMILES string of the molecule is CCCCCC[C@@H](O)C/C=C\CCCCCCCC(=O)OCC.[Ca+2].[H-].[H-]. The molecule has 0 fully saturated rings. The third-order valence-corrected chi connectivity index (χ3v) is 4.02. The Morgan fingerprint density at radius 2 is 1.67 bits per heavy atom. The van der Waals surface area contributed by atoms with Gasteiger partial charge in [0.05, 0.1) is 12.7 Å². The Labute approximate surface area is 182 Å². The van der Waals surface area contributed by atoms with Crippen molar-refractivity contribution >= 4 is 43.7 Å². The summed E-state index contributed by atoms with van der Waals surface area (Å²) in [5, 5.41) is 9.84. The topological polar surface area (TPSA) is 46.5 Å². The largest absolute Gasteiger partial charge is 2.00 e. The summed E-state index contributed by atoms with van der Waals surface area (Å²) in [4.78, 5) is 11.2. The second-order valence-corrected chi connectivity index (χ2v) is 6.32. The van der Waals surface area contributed by atoms with Gasteiger partial charge in [-0.1, -0.05) is 64.0 Å². The standard InChI is InChI=1S/C20H38O3.Ca.2H/c1-3-5-6-13-16-19(21)17-14-11-9-7-8-10-12-15-18-20(22)23-4-2;;;/h11,14,19,21H,3-10,12-13,15-18H2,1-2H3;;;/q;+2;2*-1/b14-11-;;;/t19-;;;/m1.../s1. The number of aliphatic hydroxyl groups excluding tert-OH is 1. The predicted octanol–water partition coefficient (Wildman–Crippen LogP) is 5.40. The number of allylic oxidation sites excluding steroid dienone is 1. The summed E-state index contributed by atoms with van der Waals surface area (Å²) >= 11 is 0. The first-order valence-corrected chi connectivity index (χ1v) is 9.69. The van der Waals surface area contributed by atoms with Gasteiger partial charge in [0.15, 0.2) is 0 Å². The van der Waals surface area contributed by atoms with Crippen LogP contribution < -0.4 is 0 Å². The fraction of sp³-hybridized carbons (Fsp3) is 0.850. The van der Waals surface area contributed by atoms with E-state index in [2.05, 4.69) is 19.1 Å². The smallest absolute Gasteiger partial charge is 1.00 e. The second-order valence-electron chi connectivity index (χ2n) is 6.32. The van der Waals surface area contributed by atoms with E-state index in [1.807, 2.05) is 6.92 Å². The number of hydrogen-bond acceptors (Lipinski definition) is 3. The molecule has 0 aromatic heterocycles. The van der Waals surface area contributed by atoms with Crippen LogP contribution in [-0.4, -0.2) is 61.5 Å². The fourth-order valence-electron chi connectivity index (χ4n) is 2.59. The van der Waals surface area contributed by atoms with Crippen molar-refractivity contribution in [1.82, 2.24) is 0 Å². The van der Waals surface area contributed by atoms with Gasteiger partial charge in [0, 0.05) is 6.42 Å². The van der Waals surface area contributed by atoms with Crippen LogP contribution in [0.2, 0.25) is 0 Å². The molecule has 4 heteroatoms. The van der Waals surface area contributed by atoms with E-state index in [0.29, 0.717) is 13.0 Å². The molecule has 0 aliphatic heterocycles. The number of ether oxygens (including phenoxy) is 1. The summed E-state index contributed by atoms with van der Waals surface area (Å²) < 4.78 is 4.90. The van der Waals surface area contributed by atoms with Crippen molar-refractivity contribution < 1.29 is 17.5 Å². The molecule has 0 heterocycles. The van der Waals surface area contributed by atoms with Crippen molar-refractivity contribution in [3.8, 4) is 0 Å². The number of esters is 1. The van der Waals surface area contributed by atoms with Gasteiger partial charge in [-0.3, -0.25) is 4.79 Å². The molecule has 0 aromatic carbocycles. The summed E-state index contributed by atoms with van der Waals surface area (Å²) in [6.07, 6.45) is 18.1. The number of carbonyl (C=O) groups excluding carboxylic acids is 1. The third kappa shape index (κ3) is 20.5. The molecular formula is C20H40CaO3. The molecule has 0 radical (unpaired) electrons. The number of rotatable bonds is 16. The van der Waals surface area contributed by atoms with E-state index in [-0.39, 0.29) is 52.7 Å². The molecule has 0 rings (SSSR count). The number of aliphatic hydroxyl groups is 1. The van der Waals surface area contributed by atoms with E-state index in [9.17, 15) is 9.90 Å². The number of hydrogen-bond donors (Lipinski definition) is 1. The van der Waals surface area contributed by atoms with Crippen LogP contribution >= 0.6 is 0 Å². The molecule has 140 valence electrons. The van der Waals surface area contributed by atoms with Gasteiger partial charge in [-0.15, -0.1) is 0 Å². The fourth-order valence-corrected chi connectivity index (χ4v) is 2.59. The van der Waals surface area contributed by atoms with Crippen molar-refractivity contribution in [3.05, 3.63) is 12.2 Å². The molecule has 0 unspecified atom stereocenters. The molecule has 0 aromatic rings. The Hall–Kier alpha value is 0.430. The quantitative estimate of drug-likeness (QED) is 0.172. The van der Waals surface area contributed by atoms with Crippen molar-refractivity contribution in [2.75, 3.05) is 6.61 Å². The van der Waals surface area contributed by atoms with Gasteiger partial charge in [0.2, 0.25) is 0 Å². The molecule has 0 bridgehead atoms. The normalized spacial score (nSPS) is 12.1. The Morgan fingerprint density at radius 3 is 2.38 bits per heavy atom. The molecule has 0 spiro atoms. The van der Waals surface area contributed by atoms with Gasteiger partial charge < -0.3 is 12.7 Å². The maximum atomic E-state index is 11.2. The first-order chi connectivity index (χ1) is 11.2. The zero-order chi connectivity index (χ0) is 17.2.